The lowest BCUT2D eigenvalue weighted by Gasteiger charge is -2.11. The Balaban J connectivity index is 1.55. The molecule has 0 saturated heterocycles. The van der Waals surface area contributed by atoms with Crippen LogP contribution >= 0.6 is 11.8 Å². The minimum Gasteiger partial charge on any atom is -0.325 e. The van der Waals surface area contributed by atoms with Crippen LogP contribution in [0, 0.1) is 12.7 Å². The van der Waals surface area contributed by atoms with E-state index in [1.807, 2.05) is 55.5 Å². The Labute approximate surface area is 197 Å². The maximum absolute atomic E-state index is 13.4. The molecule has 3 aromatic carbocycles. The van der Waals surface area contributed by atoms with Crippen LogP contribution in [0.5, 0.6) is 0 Å². The molecule has 5 rings (SSSR count). The third kappa shape index (κ3) is 4.38. The molecule has 1 N–H and O–H groups in total. The molecule has 0 fully saturated rings. The fourth-order valence-electron chi connectivity index (χ4n) is 3.48. The molecule has 0 aliphatic heterocycles. The van der Waals surface area contributed by atoms with Gasteiger partial charge in [0.25, 0.3) is 5.56 Å². The van der Waals surface area contributed by atoms with Gasteiger partial charge < -0.3 is 5.32 Å². The van der Waals surface area contributed by atoms with E-state index >= 15 is 0 Å². The molecule has 0 bridgehead atoms. The number of fused-ring (bicyclic) bond motifs is 3. The molecular formula is C25H18FN5O2S. The van der Waals surface area contributed by atoms with Gasteiger partial charge in [0.2, 0.25) is 5.91 Å². The third-order valence-corrected chi connectivity index (χ3v) is 6.05. The summed E-state index contributed by atoms with van der Waals surface area (Å²) in [6, 6.07) is 20.4. The highest BCUT2D eigenvalue weighted by Crippen LogP contribution is 2.24. The zero-order valence-electron chi connectivity index (χ0n) is 18.0. The Kier molecular flexibility index (Phi) is 5.77. The normalized spacial score (nSPS) is 11.1. The quantitative estimate of drug-likeness (QED) is 0.231. The lowest BCUT2D eigenvalue weighted by molar-refractivity contribution is -0.113. The van der Waals surface area contributed by atoms with Crippen molar-refractivity contribution < 1.29 is 9.18 Å². The van der Waals surface area contributed by atoms with Crippen LogP contribution in [0.15, 0.2) is 82.7 Å². The predicted octanol–water partition coefficient (Wildman–Crippen LogP) is 4.48. The standard InChI is InChI=1S/C25H18FN5O2S/c1-15-9-11-16(12-10-15)22-24(33)29-23-19-7-2-3-8-20(19)28-25(31(23)30-22)34-14-21(32)27-18-6-4-5-17(26)13-18/h2-13H,14H2,1H3,(H,27,32). The number of carbonyl (C=O) groups excluding carboxylic acids is 1. The van der Waals surface area contributed by atoms with E-state index in [4.69, 9.17) is 0 Å². The van der Waals surface area contributed by atoms with Crippen molar-refractivity contribution in [2.24, 2.45) is 0 Å². The molecule has 2 heterocycles. The number of anilines is 1. The van der Waals surface area contributed by atoms with Crippen molar-refractivity contribution in [2.45, 2.75) is 12.1 Å². The second-order valence-corrected chi connectivity index (χ2v) is 8.57. The lowest BCUT2D eigenvalue weighted by Crippen LogP contribution is -2.19. The summed E-state index contributed by atoms with van der Waals surface area (Å²) in [7, 11) is 0. The fraction of sp³-hybridized carbons (Fsp3) is 0.0800. The number of nitrogens with zero attached hydrogens (tertiary/aromatic N) is 4. The predicted molar refractivity (Wildman–Crippen MR) is 130 cm³/mol. The van der Waals surface area contributed by atoms with Crippen molar-refractivity contribution in [1.29, 1.82) is 0 Å². The minimum absolute atomic E-state index is 0.00459. The van der Waals surface area contributed by atoms with Crippen LogP contribution in [-0.4, -0.2) is 31.2 Å². The SMILES string of the molecule is Cc1ccc(-c2nn3c(SCC(=O)Nc4cccc(F)c4)nc4ccccc4c3nc2=O)cc1. The van der Waals surface area contributed by atoms with Crippen LogP contribution in [0.4, 0.5) is 10.1 Å². The number of rotatable bonds is 5. The van der Waals surface area contributed by atoms with Crippen molar-refractivity contribution in [1.82, 2.24) is 19.6 Å². The molecular weight excluding hydrogens is 453 g/mol. The van der Waals surface area contributed by atoms with Crippen LogP contribution in [-0.2, 0) is 4.79 Å². The zero-order valence-corrected chi connectivity index (χ0v) is 18.8. The third-order valence-electron chi connectivity index (χ3n) is 5.12. The molecule has 0 aliphatic rings. The summed E-state index contributed by atoms with van der Waals surface area (Å²) in [6.45, 7) is 1.96. The molecule has 1 amide bonds. The number of nitrogens with one attached hydrogen (secondary N) is 1. The Morgan fingerprint density at radius 1 is 1.03 bits per heavy atom. The summed E-state index contributed by atoms with van der Waals surface area (Å²) in [5, 5.41) is 8.33. The van der Waals surface area contributed by atoms with E-state index in [1.54, 1.807) is 6.07 Å². The number of carbonyl (C=O) groups is 1. The van der Waals surface area contributed by atoms with Gasteiger partial charge in [-0.2, -0.15) is 14.6 Å². The number of aryl methyl sites for hydroxylation is 1. The summed E-state index contributed by atoms with van der Waals surface area (Å²) < 4.78 is 14.9. The molecule has 0 saturated carbocycles. The number of hydrogen-bond acceptors (Lipinski definition) is 6. The maximum atomic E-state index is 13.4. The number of amides is 1. The molecule has 9 heteroatoms. The number of halogens is 1. The van der Waals surface area contributed by atoms with E-state index in [-0.39, 0.29) is 17.4 Å². The molecule has 0 aliphatic carbocycles. The number of para-hydroxylation sites is 1. The smallest absolute Gasteiger partial charge is 0.300 e. The number of hydrogen-bond donors (Lipinski definition) is 1. The lowest BCUT2D eigenvalue weighted by atomic mass is 10.1. The summed E-state index contributed by atoms with van der Waals surface area (Å²) in [5.74, 6) is -0.757. The Morgan fingerprint density at radius 3 is 2.62 bits per heavy atom. The molecule has 0 unspecified atom stereocenters. The van der Waals surface area contributed by atoms with Crippen molar-refractivity contribution in [2.75, 3.05) is 11.1 Å². The van der Waals surface area contributed by atoms with Crippen LogP contribution < -0.4 is 10.9 Å². The van der Waals surface area contributed by atoms with Crippen molar-refractivity contribution >= 4 is 39.9 Å². The highest BCUT2D eigenvalue weighted by molar-refractivity contribution is 7.99. The average Bonchev–Trinajstić information content (AvgIpc) is 2.83. The van der Waals surface area contributed by atoms with Gasteiger partial charge in [-0.3, -0.25) is 9.59 Å². The highest BCUT2D eigenvalue weighted by atomic mass is 32.2. The van der Waals surface area contributed by atoms with Gasteiger partial charge in [0.15, 0.2) is 16.5 Å². The molecule has 7 nitrogen and oxygen atoms in total. The van der Waals surface area contributed by atoms with Crippen LogP contribution in [0.25, 0.3) is 27.8 Å². The number of benzene rings is 3. The van der Waals surface area contributed by atoms with E-state index in [0.717, 1.165) is 17.3 Å². The van der Waals surface area contributed by atoms with Crippen LogP contribution in [0.2, 0.25) is 0 Å². The summed E-state index contributed by atoms with van der Waals surface area (Å²) in [4.78, 5) is 34.3. The van der Waals surface area contributed by atoms with Crippen molar-refractivity contribution in [3.8, 4) is 11.3 Å². The van der Waals surface area contributed by atoms with E-state index in [1.165, 1.54) is 22.7 Å². The van der Waals surface area contributed by atoms with Gasteiger partial charge in [-0.1, -0.05) is 59.8 Å². The van der Waals surface area contributed by atoms with Gasteiger partial charge in [-0.15, -0.1) is 0 Å². The molecule has 2 aromatic heterocycles. The Bertz CT molecular complexity index is 1600. The van der Waals surface area contributed by atoms with Crippen LogP contribution in [0.3, 0.4) is 0 Å². The second kappa shape index (κ2) is 9.03. The molecule has 34 heavy (non-hydrogen) atoms. The monoisotopic (exact) mass is 471 g/mol. The largest absolute Gasteiger partial charge is 0.325 e. The van der Waals surface area contributed by atoms with E-state index < -0.39 is 11.4 Å². The van der Waals surface area contributed by atoms with E-state index in [0.29, 0.717) is 33.0 Å². The van der Waals surface area contributed by atoms with E-state index in [9.17, 15) is 14.0 Å². The van der Waals surface area contributed by atoms with Gasteiger partial charge in [0.1, 0.15) is 5.82 Å². The van der Waals surface area contributed by atoms with E-state index in [2.05, 4.69) is 20.4 Å². The minimum atomic E-state index is -0.444. The first-order valence-corrected chi connectivity index (χ1v) is 11.4. The first kappa shape index (κ1) is 21.7. The fourth-order valence-corrected chi connectivity index (χ4v) is 4.23. The first-order chi connectivity index (χ1) is 16.5. The van der Waals surface area contributed by atoms with Gasteiger partial charge >= 0.3 is 0 Å². The number of thioether (sulfide) groups is 1. The molecule has 168 valence electrons. The molecule has 0 spiro atoms. The van der Waals surface area contributed by atoms with Crippen molar-refractivity contribution in [3.05, 3.63) is 94.5 Å². The Hall–Kier alpha value is -4.11. The average molecular weight is 472 g/mol. The summed E-state index contributed by atoms with van der Waals surface area (Å²) in [5.41, 5.74) is 2.82. The number of aromatic nitrogens is 4. The summed E-state index contributed by atoms with van der Waals surface area (Å²) >= 11 is 1.15. The second-order valence-electron chi connectivity index (χ2n) is 7.63. The molecule has 0 atom stereocenters. The Morgan fingerprint density at radius 2 is 1.82 bits per heavy atom. The molecule has 5 aromatic rings. The summed E-state index contributed by atoms with van der Waals surface area (Å²) in [6.07, 6.45) is 0. The van der Waals surface area contributed by atoms with Gasteiger partial charge in [0.05, 0.1) is 11.3 Å². The highest BCUT2D eigenvalue weighted by Gasteiger charge is 2.16. The van der Waals surface area contributed by atoms with Gasteiger partial charge in [-0.05, 0) is 37.3 Å². The zero-order chi connectivity index (χ0) is 23.7. The van der Waals surface area contributed by atoms with Gasteiger partial charge in [0, 0.05) is 16.6 Å². The van der Waals surface area contributed by atoms with Gasteiger partial charge in [-0.25, -0.2) is 9.37 Å². The molecule has 0 radical (unpaired) electrons. The van der Waals surface area contributed by atoms with Crippen LogP contribution in [0.1, 0.15) is 5.56 Å². The topological polar surface area (TPSA) is 89.2 Å². The maximum Gasteiger partial charge on any atom is 0.300 e. The first-order valence-electron chi connectivity index (χ1n) is 10.4. The van der Waals surface area contributed by atoms with Crippen molar-refractivity contribution in [3.63, 3.8) is 0 Å².